The topological polar surface area (TPSA) is 66.6 Å². The van der Waals surface area contributed by atoms with E-state index in [1.54, 1.807) is 4.90 Å². The van der Waals surface area contributed by atoms with E-state index in [4.69, 9.17) is 5.73 Å². The molecule has 15 heavy (non-hydrogen) atoms. The zero-order chi connectivity index (χ0) is 11.4. The van der Waals surface area contributed by atoms with Crippen LogP contribution in [-0.4, -0.2) is 54.8 Å². The Bertz CT molecular complexity index is 245. The predicted molar refractivity (Wildman–Crippen MR) is 57.1 cm³/mol. The lowest BCUT2D eigenvalue weighted by molar-refractivity contribution is -0.136. The quantitative estimate of drug-likeness (QED) is 0.637. The van der Waals surface area contributed by atoms with Crippen LogP contribution in [0.3, 0.4) is 0 Å². The number of carbonyl (C=O) groups excluding carboxylic acids is 2. The van der Waals surface area contributed by atoms with E-state index in [1.807, 2.05) is 14.1 Å². The molecule has 1 aliphatic rings. The summed E-state index contributed by atoms with van der Waals surface area (Å²) in [6, 6.07) is 0.544. The molecule has 2 N–H and O–H groups in total. The van der Waals surface area contributed by atoms with E-state index in [0.29, 0.717) is 6.04 Å². The fraction of sp³-hybridized carbons (Fsp3) is 0.800. The largest absolute Gasteiger partial charge is 0.369 e. The van der Waals surface area contributed by atoms with Crippen molar-refractivity contribution < 1.29 is 9.59 Å². The van der Waals surface area contributed by atoms with Crippen LogP contribution in [0.4, 0.5) is 0 Å². The Morgan fingerprint density at radius 2 is 1.87 bits per heavy atom. The molecule has 2 amide bonds. The van der Waals surface area contributed by atoms with Crippen LogP contribution in [0.5, 0.6) is 0 Å². The smallest absolute Gasteiger partial charge is 0.231 e. The van der Waals surface area contributed by atoms with E-state index < -0.39 is 5.91 Å². The van der Waals surface area contributed by atoms with E-state index in [0.717, 1.165) is 25.9 Å². The monoisotopic (exact) mass is 213 g/mol. The number of carbonyl (C=O) groups is 2. The number of piperidine rings is 1. The molecule has 0 atom stereocenters. The zero-order valence-corrected chi connectivity index (χ0v) is 9.40. The molecule has 5 nitrogen and oxygen atoms in total. The molecule has 1 heterocycles. The molecule has 0 aliphatic carbocycles. The van der Waals surface area contributed by atoms with E-state index in [-0.39, 0.29) is 12.3 Å². The lowest BCUT2D eigenvalue weighted by Gasteiger charge is -2.35. The molecule has 0 aromatic carbocycles. The highest BCUT2D eigenvalue weighted by Gasteiger charge is 2.24. The second kappa shape index (κ2) is 5.11. The van der Waals surface area contributed by atoms with Gasteiger partial charge in [-0.1, -0.05) is 0 Å². The van der Waals surface area contributed by atoms with Crippen LogP contribution in [0.1, 0.15) is 19.3 Å². The van der Waals surface area contributed by atoms with Gasteiger partial charge >= 0.3 is 0 Å². The van der Waals surface area contributed by atoms with Crippen molar-refractivity contribution in [1.82, 2.24) is 9.80 Å². The second-order valence-electron chi connectivity index (χ2n) is 4.22. The number of nitrogens with two attached hydrogens (primary N) is 1. The highest BCUT2D eigenvalue weighted by Crippen LogP contribution is 2.14. The first-order valence-corrected chi connectivity index (χ1v) is 5.23. The Morgan fingerprint density at radius 3 is 2.27 bits per heavy atom. The fourth-order valence-corrected chi connectivity index (χ4v) is 1.89. The standard InChI is InChI=1S/C10H19N3O2/c1-12(2)8-3-5-13(6-4-8)10(15)7-9(11)14/h8H,3-7H2,1-2H3,(H2,11,14). The minimum atomic E-state index is -0.547. The predicted octanol–water partition coefficient (Wildman–Crippen LogP) is -0.586. The average molecular weight is 213 g/mol. The van der Waals surface area contributed by atoms with E-state index in [2.05, 4.69) is 4.90 Å². The molecule has 5 heteroatoms. The minimum Gasteiger partial charge on any atom is -0.369 e. The molecule has 1 saturated heterocycles. The molecule has 1 rings (SSSR count). The first kappa shape index (κ1) is 12.0. The number of amides is 2. The third-order valence-corrected chi connectivity index (χ3v) is 2.87. The Kier molecular flexibility index (Phi) is 4.08. The van der Waals surface area contributed by atoms with Gasteiger partial charge in [-0.3, -0.25) is 9.59 Å². The van der Waals surface area contributed by atoms with Gasteiger partial charge in [0, 0.05) is 19.1 Å². The summed E-state index contributed by atoms with van der Waals surface area (Å²) in [5.74, 6) is -0.686. The molecule has 0 radical (unpaired) electrons. The lowest BCUT2D eigenvalue weighted by atomic mass is 10.0. The van der Waals surface area contributed by atoms with E-state index in [9.17, 15) is 9.59 Å². The molecule has 0 unspecified atom stereocenters. The van der Waals surface area contributed by atoms with Gasteiger partial charge in [-0.25, -0.2) is 0 Å². The second-order valence-corrected chi connectivity index (χ2v) is 4.22. The summed E-state index contributed by atoms with van der Waals surface area (Å²) in [5.41, 5.74) is 4.98. The Balaban J connectivity index is 2.37. The van der Waals surface area contributed by atoms with Gasteiger partial charge in [0.05, 0.1) is 0 Å². The number of hydrogen-bond acceptors (Lipinski definition) is 3. The molecule has 0 aromatic heterocycles. The molecule has 1 fully saturated rings. The van der Waals surface area contributed by atoms with Crippen molar-refractivity contribution in [3.63, 3.8) is 0 Å². The third kappa shape index (κ3) is 3.51. The normalized spacial score (nSPS) is 18.2. The van der Waals surface area contributed by atoms with Crippen molar-refractivity contribution in [2.45, 2.75) is 25.3 Å². The van der Waals surface area contributed by atoms with Crippen LogP contribution >= 0.6 is 0 Å². The number of rotatable bonds is 3. The van der Waals surface area contributed by atoms with Crippen LogP contribution in [0.15, 0.2) is 0 Å². The molecule has 0 spiro atoms. The van der Waals surface area contributed by atoms with Gasteiger partial charge in [-0.15, -0.1) is 0 Å². The van der Waals surface area contributed by atoms with Crippen molar-refractivity contribution in [1.29, 1.82) is 0 Å². The van der Waals surface area contributed by atoms with Gasteiger partial charge in [-0.05, 0) is 26.9 Å². The SMILES string of the molecule is CN(C)C1CCN(C(=O)CC(N)=O)CC1. The molecule has 86 valence electrons. The molecule has 0 bridgehead atoms. The van der Waals surface area contributed by atoms with Gasteiger partial charge in [0.25, 0.3) is 0 Å². The summed E-state index contributed by atoms with van der Waals surface area (Å²) in [4.78, 5) is 26.0. The van der Waals surface area contributed by atoms with Gasteiger partial charge in [0.1, 0.15) is 6.42 Å². The van der Waals surface area contributed by atoms with Gasteiger partial charge in [0.2, 0.25) is 11.8 Å². The van der Waals surface area contributed by atoms with Crippen molar-refractivity contribution in [2.24, 2.45) is 5.73 Å². The molecular weight excluding hydrogens is 194 g/mol. The van der Waals surface area contributed by atoms with Crippen molar-refractivity contribution >= 4 is 11.8 Å². The van der Waals surface area contributed by atoms with Crippen LogP contribution in [0.25, 0.3) is 0 Å². The van der Waals surface area contributed by atoms with Crippen molar-refractivity contribution in [3.8, 4) is 0 Å². The Morgan fingerprint density at radius 1 is 1.33 bits per heavy atom. The molecule has 0 aromatic rings. The van der Waals surface area contributed by atoms with Gasteiger partial charge in [0.15, 0.2) is 0 Å². The zero-order valence-electron chi connectivity index (χ0n) is 9.40. The van der Waals surface area contributed by atoms with Crippen LogP contribution in [0.2, 0.25) is 0 Å². The van der Waals surface area contributed by atoms with Crippen LogP contribution in [-0.2, 0) is 9.59 Å². The Labute approximate surface area is 90.2 Å². The van der Waals surface area contributed by atoms with E-state index in [1.165, 1.54) is 0 Å². The maximum atomic E-state index is 11.5. The van der Waals surface area contributed by atoms with Crippen LogP contribution in [0, 0.1) is 0 Å². The summed E-state index contributed by atoms with van der Waals surface area (Å²) in [5, 5.41) is 0. The number of likely N-dealkylation sites (tertiary alicyclic amines) is 1. The summed E-state index contributed by atoms with van der Waals surface area (Å²) < 4.78 is 0. The highest BCUT2D eigenvalue weighted by molar-refractivity contribution is 5.96. The van der Waals surface area contributed by atoms with Crippen molar-refractivity contribution in [3.05, 3.63) is 0 Å². The average Bonchev–Trinajstić information content (AvgIpc) is 2.17. The summed E-state index contributed by atoms with van der Waals surface area (Å²) >= 11 is 0. The number of nitrogens with zero attached hydrogens (tertiary/aromatic N) is 2. The van der Waals surface area contributed by atoms with Gasteiger partial charge < -0.3 is 15.5 Å². The summed E-state index contributed by atoms with van der Waals surface area (Å²) in [6.45, 7) is 1.46. The minimum absolute atomic E-state index is 0.139. The van der Waals surface area contributed by atoms with E-state index >= 15 is 0 Å². The first-order valence-electron chi connectivity index (χ1n) is 5.23. The molecule has 0 saturated carbocycles. The highest BCUT2D eigenvalue weighted by atomic mass is 16.2. The third-order valence-electron chi connectivity index (χ3n) is 2.87. The maximum Gasteiger partial charge on any atom is 0.231 e. The lowest BCUT2D eigenvalue weighted by Crippen LogP contribution is -2.45. The van der Waals surface area contributed by atoms with Crippen molar-refractivity contribution in [2.75, 3.05) is 27.2 Å². The number of primary amides is 1. The van der Waals surface area contributed by atoms with Gasteiger partial charge in [-0.2, -0.15) is 0 Å². The Hall–Kier alpha value is -1.10. The maximum absolute atomic E-state index is 11.5. The first-order chi connectivity index (χ1) is 7.00. The summed E-state index contributed by atoms with van der Waals surface area (Å²) in [7, 11) is 4.09. The molecule has 1 aliphatic heterocycles. The fourth-order valence-electron chi connectivity index (χ4n) is 1.89. The van der Waals surface area contributed by atoms with Crippen LogP contribution < -0.4 is 5.73 Å². The molecular formula is C10H19N3O2. The summed E-state index contributed by atoms with van der Waals surface area (Å²) in [6.07, 6.45) is 1.78. The number of hydrogen-bond donors (Lipinski definition) is 1.